The average molecular weight is 605 g/mol. The fourth-order valence-electron chi connectivity index (χ4n) is 4.14. The minimum absolute atomic E-state index is 0.121. The molecule has 0 aliphatic carbocycles. The van der Waals surface area contributed by atoms with Crippen LogP contribution in [-0.4, -0.2) is 43.8 Å². The van der Waals surface area contributed by atoms with Gasteiger partial charge in [0.05, 0.1) is 47.6 Å². The topological polar surface area (TPSA) is 110 Å². The predicted octanol–water partition coefficient (Wildman–Crippen LogP) is 6.14. The quantitative estimate of drug-likeness (QED) is 0.263. The molecule has 4 aromatic heterocycles. The summed E-state index contributed by atoms with van der Waals surface area (Å²) in [6.45, 7) is 2.88. The number of pyridine rings is 3. The molecule has 0 fully saturated rings. The summed E-state index contributed by atoms with van der Waals surface area (Å²) in [6.07, 6.45) is 3.89. The second-order valence-electron chi connectivity index (χ2n) is 9.03. The molecule has 1 aliphatic rings. The number of carbonyl (C=O) groups is 2. The van der Waals surface area contributed by atoms with E-state index in [0.717, 1.165) is 24.1 Å². The second kappa shape index (κ2) is 10.7. The maximum atomic E-state index is 13.6. The molecule has 0 atom stereocenters. The number of nitrogens with zero attached hydrogens (tertiary/aromatic N) is 5. The number of aryl methyl sites for hydroxylation is 1. The molecule has 14 heteroatoms. The first-order valence-corrected chi connectivity index (χ1v) is 13.3. The number of nitrogens with one attached hydrogen (secondary N) is 1. The third-order valence-corrected chi connectivity index (χ3v) is 7.63. The van der Waals surface area contributed by atoms with Crippen LogP contribution in [0.1, 0.15) is 49.6 Å². The van der Waals surface area contributed by atoms with Gasteiger partial charge in [0.2, 0.25) is 0 Å². The zero-order valence-corrected chi connectivity index (χ0v) is 23.6. The first kappa shape index (κ1) is 27.8. The Morgan fingerprint density at radius 2 is 1.85 bits per heavy atom. The zero-order valence-electron chi connectivity index (χ0n) is 21.3. The van der Waals surface area contributed by atoms with E-state index in [1.807, 2.05) is 0 Å². The van der Waals surface area contributed by atoms with Crippen LogP contribution in [0.4, 0.5) is 13.9 Å². The monoisotopic (exact) mass is 604 g/mol. The van der Waals surface area contributed by atoms with Gasteiger partial charge in [-0.3, -0.25) is 19.9 Å². The van der Waals surface area contributed by atoms with Gasteiger partial charge in [-0.25, -0.2) is 23.7 Å². The minimum atomic E-state index is -3.13. The molecule has 0 spiro atoms. The SMILES string of the molecule is COc1cnc(Cl)cc1-c1cc(C)ncc1C(=O)Nc1nc2c(s1)CN(C(=O)c1ncc(C(C)(F)F)cc1Cl)C2. The van der Waals surface area contributed by atoms with E-state index in [2.05, 4.69) is 25.3 Å². The van der Waals surface area contributed by atoms with Gasteiger partial charge in [-0.2, -0.15) is 0 Å². The smallest absolute Gasteiger partial charge is 0.274 e. The molecule has 0 saturated carbocycles. The van der Waals surface area contributed by atoms with Crippen molar-refractivity contribution in [2.24, 2.45) is 0 Å². The van der Waals surface area contributed by atoms with Crippen LogP contribution in [0.3, 0.4) is 0 Å². The lowest BCUT2D eigenvalue weighted by Gasteiger charge is -2.17. The molecule has 40 heavy (non-hydrogen) atoms. The van der Waals surface area contributed by atoms with Crippen LogP contribution in [0.2, 0.25) is 10.2 Å². The molecule has 206 valence electrons. The molecule has 0 aromatic carbocycles. The van der Waals surface area contributed by atoms with E-state index in [9.17, 15) is 18.4 Å². The van der Waals surface area contributed by atoms with Gasteiger partial charge in [-0.1, -0.05) is 34.5 Å². The zero-order chi connectivity index (χ0) is 28.8. The van der Waals surface area contributed by atoms with Crippen molar-refractivity contribution in [3.63, 3.8) is 0 Å². The van der Waals surface area contributed by atoms with Crippen LogP contribution in [-0.2, 0) is 19.0 Å². The summed E-state index contributed by atoms with van der Waals surface area (Å²) in [6, 6.07) is 4.41. The lowest BCUT2D eigenvalue weighted by Crippen LogP contribution is -2.27. The maximum absolute atomic E-state index is 13.6. The van der Waals surface area contributed by atoms with E-state index >= 15 is 0 Å². The Morgan fingerprint density at radius 1 is 1.07 bits per heavy atom. The van der Waals surface area contributed by atoms with E-state index in [1.165, 1.54) is 35.7 Å². The van der Waals surface area contributed by atoms with Crippen LogP contribution in [0.5, 0.6) is 5.75 Å². The molecule has 9 nitrogen and oxygen atoms in total. The molecule has 1 N–H and O–H groups in total. The molecular weight excluding hydrogens is 585 g/mol. The first-order chi connectivity index (χ1) is 18.9. The Kier molecular flexibility index (Phi) is 7.42. The van der Waals surface area contributed by atoms with Gasteiger partial charge in [0.1, 0.15) is 16.6 Å². The first-order valence-electron chi connectivity index (χ1n) is 11.7. The predicted molar refractivity (Wildman–Crippen MR) is 146 cm³/mol. The number of anilines is 1. The van der Waals surface area contributed by atoms with Crippen LogP contribution in [0.15, 0.2) is 36.8 Å². The van der Waals surface area contributed by atoms with Crippen molar-refractivity contribution in [2.75, 3.05) is 12.4 Å². The van der Waals surface area contributed by atoms with E-state index in [-0.39, 0.29) is 40.1 Å². The lowest BCUT2D eigenvalue weighted by atomic mass is 10.0. The minimum Gasteiger partial charge on any atom is -0.494 e. The van der Waals surface area contributed by atoms with Gasteiger partial charge in [0.25, 0.3) is 17.7 Å². The number of thiazole rings is 1. The number of methoxy groups -OCH3 is 1. The summed E-state index contributed by atoms with van der Waals surface area (Å²) in [5.41, 5.74) is 2.21. The number of fused-ring (bicyclic) bond motifs is 1. The second-order valence-corrected chi connectivity index (χ2v) is 10.9. The summed E-state index contributed by atoms with van der Waals surface area (Å²) >= 11 is 13.4. The van der Waals surface area contributed by atoms with Gasteiger partial charge in [-0.15, -0.1) is 0 Å². The highest BCUT2D eigenvalue weighted by atomic mass is 35.5. The van der Waals surface area contributed by atoms with E-state index in [1.54, 1.807) is 19.1 Å². The molecular formula is C26H20Cl2F2N6O3S. The summed E-state index contributed by atoms with van der Waals surface area (Å²) in [5.74, 6) is -3.64. The molecule has 0 unspecified atom stereocenters. The normalized spacial score (nSPS) is 12.8. The molecule has 0 bridgehead atoms. The molecule has 2 amide bonds. The number of amides is 2. The number of hydrogen-bond donors (Lipinski definition) is 1. The van der Waals surface area contributed by atoms with Crippen molar-refractivity contribution in [1.82, 2.24) is 24.8 Å². The third-order valence-electron chi connectivity index (χ3n) is 6.14. The standard InChI is InChI=1S/C26H20Cl2F2N6O3S/c1-12-4-14(15-6-21(28)32-9-19(15)39-3)16(8-31-12)23(37)35-25-34-18-10-36(11-20(18)40-25)24(38)22-17(27)5-13(7-33-22)26(2,29)30/h4-9H,10-11H2,1-3H3,(H,34,35,37). The van der Waals surface area contributed by atoms with Gasteiger partial charge < -0.3 is 9.64 Å². The Bertz CT molecular complexity index is 1640. The largest absolute Gasteiger partial charge is 0.494 e. The summed E-state index contributed by atoms with van der Waals surface area (Å²) < 4.78 is 32.6. The summed E-state index contributed by atoms with van der Waals surface area (Å²) in [7, 11) is 1.50. The van der Waals surface area contributed by atoms with Gasteiger partial charge in [0.15, 0.2) is 5.13 Å². The van der Waals surface area contributed by atoms with E-state index < -0.39 is 17.7 Å². The highest BCUT2D eigenvalue weighted by molar-refractivity contribution is 7.16. The maximum Gasteiger partial charge on any atom is 0.274 e. The fraction of sp³-hybridized carbons (Fsp3) is 0.231. The van der Waals surface area contributed by atoms with Crippen molar-refractivity contribution in [1.29, 1.82) is 0 Å². The molecule has 0 radical (unpaired) electrons. The van der Waals surface area contributed by atoms with Crippen LogP contribution in [0.25, 0.3) is 11.1 Å². The molecule has 1 aliphatic heterocycles. The summed E-state index contributed by atoms with van der Waals surface area (Å²) in [4.78, 5) is 45.2. The van der Waals surface area contributed by atoms with Gasteiger partial charge >= 0.3 is 0 Å². The number of alkyl halides is 2. The van der Waals surface area contributed by atoms with Crippen molar-refractivity contribution >= 4 is 51.5 Å². The molecule has 4 aromatic rings. The van der Waals surface area contributed by atoms with Crippen LogP contribution < -0.4 is 10.1 Å². The fourth-order valence-corrected chi connectivity index (χ4v) is 5.53. The molecule has 5 rings (SSSR count). The Labute approximate surface area is 241 Å². The van der Waals surface area contributed by atoms with Crippen molar-refractivity contribution in [3.8, 4) is 16.9 Å². The number of ether oxygens (including phenoxy) is 1. The number of halogens is 4. The van der Waals surface area contributed by atoms with Crippen LogP contribution in [0, 0.1) is 6.92 Å². The molecule has 0 saturated heterocycles. The van der Waals surface area contributed by atoms with Gasteiger partial charge in [-0.05, 0) is 25.1 Å². The number of rotatable bonds is 6. The number of hydrogen-bond acceptors (Lipinski definition) is 8. The lowest BCUT2D eigenvalue weighted by molar-refractivity contribution is 0.0170. The molecule has 5 heterocycles. The van der Waals surface area contributed by atoms with Crippen molar-refractivity contribution < 1.29 is 23.1 Å². The average Bonchev–Trinajstić information content (AvgIpc) is 3.46. The van der Waals surface area contributed by atoms with Crippen molar-refractivity contribution in [2.45, 2.75) is 32.9 Å². The highest BCUT2D eigenvalue weighted by Gasteiger charge is 2.32. The van der Waals surface area contributed by atoms with E-state index in [0.29, 0.717) is 33.4 Å². The van der Waals surface area contributed by atoms with Crippen LogP contribution >= 0.6 is 34.5 Å². The van der Waals surface area contributed by atoms with E-state index in [4.69, 9.17) is 27.9 Å². The highest BCUT2D eigenvalue weighted by Crippen LogP contribution is 2.36. The Balaban J connectivity index is 1.33. The Morgan fingerprint density at radius 3 is 2.52 bits per heavy atom. The van der Waals surface area contributed by atoms with Crippen molar-refractivity contribution in [3.05, 3.63) is 80.1 Å². The summed E-state index contributed by atoms with van der Waals surface area (Å²) in [5, 5.41) is 3.23. The number of carbonyl (C=O) groups excluding carboxylic acids is 2. The third kappa shape index (κ3) is 5.47. The number of aromatic nitrogens is 4. The van der Waals surface area contributed by atoms with Gasteiger partial charge in [0, 0.05) is 41.7 Å². The Hall–Kier alpha value is -3.74.